The van der Waals surface area contributed by atoms with Crippen molar-refractivity contribution in [2.75, 3.05) is 11.9 Å². The van der Waals surface area contributed by atoms with Gasteiger partial charge in [-0.2, -0.15) is 0 Å². The fraction of sp³-hybridized carbons (Fsp3) is 0.176. The maximum absolute atomic E-state index is 4.81. The van der Waals surface area contributed by atoms with Crippen LogP contribution in [0.5, 0.6) is 0 Å². The van der Waals surface area contributed by atoms with E-state index in [2.05, 4.69) is 36.6 Å². The van der Waals surface area contributed by atoms with Crippen molar-refractivity contribution in [1.29, 1.82) is 0 Å². The van der Waals surface area contributed by atoms with Gasteiger partial charge in [0, 0.05) is 24.3 Å². The number of anilines is 1. The Bertz CT molecular complexity index is 1060. The van der Waals surface area contributed by atoms with Gasteiger partial charge in [0.15, 0.2) is 0 Å². The van der Waals surface area contributed by atoms with Gasteiger partial charge in [0.2, 0.25) is 5.95 Å². The van der Waals surface area contributed by atoms with E-state index < -0.39 is 0 Å². The summed E-state index contributed by atoms with van der Waals surface area (Å²) >= 11 is 1.41. The van der Waals surface area contributed by atoms with Crippen LogP contribution in [0, 0.1) is 6.92 Å². The molecule has 0 spiro atoms. The molecule has 0 amide bonds. The van der Waals surface area contributed by atoms with Gasteiger partial charge in [-0.3, -0.25) is 4.98 Å². The van der Waals surface area contributed by atoms with Crippen molar-refractivity contribution in [3.8, 4) is 22.6 Å². The summed E-state index contributed by atoms with van der Waals surface area (Å²) in [6.45, 7) is 3.81. The van der Waals surface area contributed by atoms with Gasteiger partial charge < -0.3 is 9.88 Å². The van der Waals surface area contributed by atoms with Crippen LogP contribution >= 0.6 is 11.5 Å². The standard InChI is InChI=1S/C17H14N6S/c1-10-3-2-4-13(19-10)15-16(23-8-7-18-17(23)20-15)11-5-6-12-14(9-11)24-22-21-12/h2-6,9H,7-8H2,1H3,(H,18,20). The minimum atomic E-state index is 0.899. The van der Waals surface area contributed by atoms with Gasteiger partial charge in [-0.1, -0.05) is 16.6 Å². The first kappa shape index (κ1) is 13.6. The highest BCUT2D eigenvalue weighted by Gasteiger charge is 2.24. The summed E-state index contributed by atoms with van der Waals surface area (Å²) in [5, 5.41) is 7.48. The Kier molecular flexibility index (Phi) is 2.90. The summed E-state index contributed by atoms with van der Waals surface area (Å²) in [5.41, 5.74) is 5.95. The number of pyridine rings is 1. The second-order valence-electron chi connectivity index (χ2n) is 5.83. The summed E-state index contributed by atoms with van der Waals surface area (Å²) in [4.78, 5) is 9.48. The quantitative estimate of drug-likeness (QED) is 0.609. The van der Waals surface area contributed by atoms with Crippen molar-refractivity contribution in [3.63, 3.8) is 0 Å². The molecule has 7 heteroatoms. The first-order chi connectivity index (χ1) is 11.8. The third-order valence-electron chi connectivity index (χ3n) is 4.24. The molecule has 1 aromatic carbocycles. The van der Waals surface area contributed by atoms with Gasteiger partial charge in [-0.05, 0) is 42.7 Å². The van der Waals surface area contributed by atoms with Crippen molar-refractivity contribution in [1.82, 2.24) is 24.1 Å². The van der Waals surface area contributed by atoms with E-state index in [1.54, 1.807) is 0 Å². The van der Waals surface area contributed by atoms with E-state index in [1.165, 1.54) is 11.5 Å². The second-order valence-corrected chi connectivity index (χ2v) is 6.62. The Morgan fingerprint density at radius 3 is 3.04 bits per heavy atom. The number of aromatic nitrogens is 5. The topological polar surface area (TPSA) is 68.5 Å². The zero-order chi connectivity index (χ0) is 16.1. The number of imidazole rings is 1. The predicted octanol–water partition coefficient (Wildman–Crippen LogP) is 3.35. The molecule has 0 saturated heterocycles. The SMILES string of the molecule is Cc1cccc(-c2nc3n(c2-c2ccc4nnsc4c2)CCN3)n1. The van der Waals surface area contributed by atoms with Crippen LogP contribution in [0.25, 0.3) is 32.9 Å². The zero-order valence-corrected chi connectivity index (χ0v) is 13.8. The maximum atomic E-state index is 4.81. The van der Waals surface area contributed by atoms with Crippen molar-refractivity contribution >= 4 is 27.7 Å². The maximum Gasteiger partial charge on any atom is 0.204 e. The van der Waals surface area contributed by atoms with Crippen LogP contribution in [-0.4, -0.2) is 30.7 Å². The summed E-state index contributed by atoms with van der Waals surface area (Å²) in [6, 6.07) is 12.3. The first-order valence-electron chi connectivity index (χ1n) is 7.80. The lowest BCUT2D eigenvalue weighted by Gasteiger charge is -2.08. The third kappa shape index (κ3) is 2.01. The summed E-state index contributed by atoms with van der Waals surface area (Å²) in [7, 11) is 0. The van der Waals surface area contributed by atoms with Crippen LogP contribution in [-0.2, 0) is 6.54 Å². The predicted molar refractivity (Wildman–Crippen MR) is 95.1 cm³/mol. The van der Waals surface area contributed by atoms with Gasteiger partial charge >= 0.3 is 0 Å². The average molecular weight is 334 g/mol. The van der Waals surface area contributed by atoms with Crippen LogP contribution < -0.4 is 5.32 Å². The first-order valence-corrected chi connectivity index (χ1v) is 8.58. The summed E-state index contributed by atoms with van der Waals surface area (Å²) in [5.74, 6) is 0.908. The van der Waals surface area contributed by atoms with E-state index >= 15 is 0 Å². The van der Waals surface area contributed by atoms with Crippen LogP contribution in [0.4, 0.5) is 5.95 Å². The average Bonchev–Trinajstić information content (AvgIpc) is 3.29. The lowest BCUT2D eigenvalue weighted by Crippen LogP contribution is -1.99. The Labute approximate surface area is 142 Å². The van der Waals surface area contributed by atoms with E-state index in [9.17, 15) is 0 Å². The summed E-state index contributed by atoms with van der Waals surface area (Å²) in [6.07, 6.45) is 0. The molecular formula is C17H14N6S. The van der Waals surface area contributed by atoms with Crippen LogP contribution in [0.15, 0.2) is 36.4 Å². The van der Waals surface area contributed by atoms with Gasteiger partial charge in [0.1, 0.15) is 11.2 Å². The lowest BCUT2D eigenvalue weighted by atomic mass is 10.1. The number of fused-ring (bicyclic) bond motifs is 2. The minimum Gasteiger partial charge on any atom is -0.354 e. The third-order valence-corrected chi connectivity index (χ3v) is 4.93. The molecule has 0 fully saturated rings. The van der Waals surface area contributed by atoms with E-state index in [1.807, 2.05) is 31.2 Å². The number of nitrogens with zero attached hydrogens (tertiary/aromatic N) is 5. The van der Waals surface area contributed by atoms with Gasteiger partial charge in [0.25, 0.3) is 0 Å². The van der Waals surface area contributed by atoms with Crippen molar-refractivity contribution < 1.29 is 0 Å². The highest BCUT2D eigenvalue weighted by atomic mass is 32.1. The molecule has 1 aliphatic rings. The fourth-order valence-electron chi connectivity index (χ4n) is 3.16. The monoisotopic (exact) mass is 334 g/mol. The molecule has 0 unspecified atom stereocenters. The largest absolute Gasteiger partial charge is 0.354 e. The smallest absolute Gasteiger partial charge is 0.204 e. The Balaban J connectivity index is 1.77. The van der Waals surface area contributed by atoms with E-state index in [0.29, 0.717) is 0 Å². The molecular weight excluding hydrogens is 320 g/mol. The fourth-order valence-corrected chi connectivity index (χ4v) is 3.76. The number of aryl methyl sites for hydroxylation is 1. The molecule has 1 aliphatic heterocycles. The molecule has 4 aromatic rings. The van der Waals surface area contributed by atoms with E-state index in [-0.39, 0.29) is 0 Å². The molecule has 4 heterocycles. The van der Waals surface area contributed by atoms with Crippen LogP contribution in [0.3, 0.4) is 0 Å². The lowest BCUT2D eigenvalue weighted by molar-refractivity contribution is 0.817. The Hall–Kier alpha value is -2.80. The van der Waals surface area contributed by atoms with E-state index in [0.717, 1.165) is 57.6 Å². The van der Waals surface area contributed by atoms with Crippen LogP contribution in [0.1, 0.15) is 5.69 Å². The van der Waals surface area contributed by atoms with Gasteiger partial charge in [0.05, 0.1) is 16.1 Å². The molecule has 5 rings (SSSR count). The molecule has 0 aliphatic carbocycles. The number of hydrogen-bond donors (Lipinski definition) is 1. The molecule has 0 bridgehead atoms. The highest BCUT2D eigenvalue weighted by molar-refractivity contribution is 7.12. The molecule has 0 atom stereocenters. The molecule has 0 radical (unpaired) electrons. The second kappa shape index (κ2) is 5.10. The van der Waals surface area contributed by atoms with Crippen molar-refractivity contribution in [2.24, 2.45) is 0 Å². The number of benzene rings is 1. The Morgan fingerprint density at radius 2 is 2.12 bits per heavy atom. The molecule has 6 nitrogen and oxygen atoms in total. The highest BCUT2D eigenvalue weighted by Crippen LogP contribution is 2.36. The number of hydrogen-bond acceptors (Lipinski definition) is 6. The van der Waals surface area contributed by atoms with Gasteiger partial charge in [-0.15, -0.1) is 5.10 Å². The van der Waals surface area contributed by atoms with Crippen molar-refractivity contribution in [3.05, 3.63) is 42.1 Å². The molecule has 3 aromatic heterocycles. The van der Waals surface area contributed by atoms with E-state index in [4.69, 9.17) is 4.98 Å². The van der Waals surface area contributed by atoms with Crippen LogP contribution in [0.2, 0.25) is 0 Å². The Morgan fingerprint density at radius 1 is 1.17 bits per heavy atom. The van der Waals surface area contributed by atoms with Crippen molar-refractivity contribution in [2.45, 2.75) is 13.5 Å². The number of rotatable bonds is 2. The summed E-state index contributed by atoms with van der Waals surface area (Å²) < 4.78 is 7.34. The minimum absolute atomic E-state index is 0.899. The van der Waals surface area contributed by atoms with Gasteiger partial charge in [-0.25, -0.2) is 4.98 Å². The normalized spacial score (nSPS) is 13.2. The molecule has 24 heavy (non-hydrogen) atoms. The molecule has 118 valence electrons. The zero-order valence-electron chi connectivity index (χ0n) is 13.0. The molecule has 0 saturated carbocycles. The number of nitrogens with one attached hydrogen (secondary N) is 1. The molecule has 1 N–H and O–H groups in total.